The van der Waals surface area contributed by atoms with Crippen molar-refractivity contribution in [3.8, 4) is 11.5 Å². The topological polar surface area (TPSA) is 67.9 Å². The number of halogens is 1. The molecule has 0 saturated carbocycles. The minimum atomic E-state index is -0.262. The summed E-state index contributed by atoms with van der Waals surface area (Å²) in [6.45, 7) is 4.01. The van der Waals surface area contributed by atoms with Crippen molar-refractivity contribution in [2.45, 2.75) is 13.8 Å². The zero-order chi connectivity index (χ0) is 20.0. The van der Waals surface area contributed by atoms with Crippen molar-refractivity contribution < 1.29 is 19.1 Å². The molecule has 6 nitrogen and oxygen atoms in total. The van der Waals surface area contributed by atoms with Gasteiger partial charge < -0.3 is 19.7 Å². The number of benzene rings is 2. The molecular weight excluding hydrogens is 368 g/mol. The number of nitrogens with zero attached hydrogens (tertiary/aromatic N) is 1. The Balaban J connectivity index is 2.06. The van der Waals surface area contributed by atoms with Crippen LogP contribution in [0.4, 0.5) is 5.69 Å². The molecule has 0 radical (unpaired) electrons. The van der Waals surface area contributed by atoms with Gasteiger partial charge in [0, 0.05) is 36.3 Å². The highest BCUT2D eigenvalue weighted by molar-refractivity contribution is 6.31. The summed E-state index contributed by atoms with van der Waals surface area (Å²) in [5, 5.41) is 3.37. The molecule has 27 heavy (non-hydrogen) atoms. The Morgan fingerprint density at radius 3 is 2.41 bits per heavy atom. The van der Waals surface area contributed by atoms with Gasteiger partial charge in [0.25, 0.3) is 5.91 Å². The Kier molecular flexibility index (Phi) is 7.07. The van der Waals surface area contributed by atoms with E-state index in [1.807, 2.05) is 13.0 Å². The number of nitrogens with one attached hydrogen (secondary N) is 1. The number of amides is 2. The van der Waals surface area contributed by atoms with Gasteiger partial charge in [-0.05, 0) is 42.8 Å². The number of rotatable bonds is 7. The number of methoxy groups -OCH3 is 2. The summed E-state index contributed by atoms with van der Waals surface area (Å²) in [6.07, 6.45) is 0. The van der Waals surface area contributed by atoms with Gasteiger partial charge >= 0.3 is 0 Å². The summed E-state index contributed by atoms with van der Waals surface area (Å²) in [7, 11) is 3.05. The van der Waals surface area contributed by atoms with Crippen LogP contribution in [0.1, 0.15) is 22.8 Å². The number of ether oxygens (including phenoxy) is 2. The maximum atomic E-state index is 12.4. The lowest BCUT2D eigenvalue weighted by Gasteiger charge is -2.23. The molecule has 144 valence electrons. The van der Waals surface area contributed by atoms with Crippen LogP contribution in [0.2, 0.25) is 5.02 Å². The molecule has 0 aliphatic carbocycles. The van der Waals surface area contributed by atoms with Crippen molar-refractivity contribution in [2.75, 3.05) is 32.2 Å². The zero-order valence-corrected chi connectivity index (χ0v) is 16.6. The van der Waals surface area contributed by atoms with Gasteiger partial charge in [0.1, 0.15) is 0 Å². The van der Waals surface area contributed by atoms with Crippen molar-refractivity contribution in [3.63, 3.8) is 0 Å². The van der Waals surface area contributed by atoms with Gasteiger partial charge in [-0.15, -0.1) is 0 Å². The van der Waals surface area contributed by atoms with E-state index in [1.54, 1.807) is 35.2 Å². The predicted octanol–water partition coefficient (Wildman–Crippen LogP) is 3.45. The van der Waals surface area contributed by atoms with Crippen molar-refractivity contribution in [1.82, 2.24) is 5.32 Å². The average molecular weight is 391 g/mol. The van der Waals surface area contributed by atoms with E-state index in [0.29, 0.717) is 35.2 Å². The van der Waals surface area contributed by atoms with Crippen LogP contribution in [0.25, 0.3) is 0 Å². The number of anilines is 1. The van der Waals surface area contributed by atoms with Crippen LogP contribution < -0.4 is 19.7 Å². The van der Waals surface area contributed by atoms with Crippen LogP contribution in [-0.4, -0.2) is 39.1 Å². The van der Waals surface area contributed by atoms with E-state index in [0.717, 1.165) is 11.3 Å². The third kappa shape index (κ3) is 5.14. The van der Waals surface area contributed by atoms with Crippen LogP contribution in [0, 0.1) is 6.92 Å². The quantitative estimate of drug-likeness (QED) is 0.786. The molecule has 0 fully saturated rings. The molecule has 7 heteroatoms. The lowest BCUT2D eigenvalue weighted by atomic mass is 10.1. The van der Waals surface area contributed by atoms with Gasteiger partial charge in [0.15, 0.2) is 11.5 Å². The Labute approximate surface area is 164 Å². The van der Waals surface area contributed by atoms with Crippen LogP contribution >= 0.6 is 11.6 Å². The van der Waals surface area contributed by atoms with Gasteiger partial charge in [-0.1, -0.05) is 17.7 Å². The first-order valence-electron chi connectivity index (χ1n) is 8.42. The minimum absolute atomic E-state index is 0.124. The molecule has 0 spiro atoms. The zero-order valence-electron chi connectivity index (χ0n) is 15.8. The molecule has 2 rings (SSSR count). The Morgan fingerprint density at radius 1 is 1.07 bits per heavy atom. The molecule has 0 saturated heterocycles. The molecule has 2 aromatic carbocycles. The van der Waals surface area contributed by atoms with Crippen LogP contribution in [0.5, 0.6) is 11.5 Å². The van der Waals surface area contributed by atoms with E-state index in [-0.39, 0.29) is 11.8 Å². The fourth-order valence-electron chi connectivity index (χ4n) is 2.68. The summed E-state index contributed by atoms with van der Waals surface area (Å²) in [5.74, 6) is 0.640. The van der Waals surface area contributed by atoms with Crippen LogP contribution in [-0.2, 0) is 4.79 Å². The number of aryl methyl sites for hydroxylation is 1. The summed E-state index contributed by atoms with van der Waals surface area (Å²) in [5.41, 5.74) is 2.11. The lowest BCUT2D eigenvalue weighted by molar-refractivity contribution is -0.116. The van der Waals surface area contributed by atoms with E-state index in [9.17, 15) is 9.59 Å². The molecule has 2 aromatic rings. The molecule has 0 aliphatic heterocycles. The SMILES string of the molecule is COc1ccc(C(=O)NCCN(C(C)=O)c2cc(Cl)ccc2C)cc1OC. The lowest BCUT2D eigenvalue weighted by Crippen LogP contribution is -2.38. The number of hydrogen-bond acceptors (Lipinski definition) is 4. The highest BCUT2D eigenvalue weighted by Crippen LogP contribution is 2.27. The van der Waals surface area contributed by atoms with Crippen molar-refractivity contribution >= 4 is 29.1 Å². The van der Waals surface area contributed by atoms with Crippen molar-refractivity contribution in [1.29, 1.82) is 0 Å². The Hall–Kier alpha value is -2.73. The minimum Gasteiger partial charge on any atom is -0.493 e. The second-order valence-corrected chi connectivity index (χ2v) is 6.36. The molecule has 2 amide bonds. The third-order valence-corrected chi connectivity index (χ3v) is 4.34. The first kappa shape index (κ1) is 20.6. The maximum absolute atomic E-state index is 12.4. The molecule has 0 aromatic heterocycles. The summed E-state index contributed by atoms with van der Waals surface area (Å²) in [4.78, 5) is 26.0. The highest BCUT2D eigenvalue weighted by atomic mass is 35.5. The molecule has 1 N–H and O–H groups in total. The first-order valence-corrected chi connectivity index (χ1v) is 8.79. The number of carbonyl (C=O) groups is 2. The Morgan fingerprint density at radius 2 is 1.78 bits per heavy atom. The second-order valence-electron chi connectivity index (χ2n) is 5.93. The van der Waals surface area contributed by atoms with Gasteiger partial charge in [-0.2, -0.15) is 0 Å². The van der Waals surface area contributed by atoms with Gasteiger partial charge in [0.2, 0.25) is 5.91 Å². The summed E-state index contributed by atoms with van der Waals surface area (Å²) < 4.78 is 10.4. The molecule has 0 bridgehead atoms. The smallest absolute Gasteiger partial charge is 0.251 e. The van der Waals surface area contributed by atoms with E-state index in [2.05, 4.69) is 5.32 Å². The van der Waals surface area contributed by atoms with E-state index in [4.69, 9.17) is 21.1 Å². The predicted molar refractivity (Wildman–Crippen MR) is 106 cm³/mol. The normalized spacial score (nSPS) is 10.3. The molecule has 0 unspecified atom stereocenters. The van der Waals surface area contributed by atoms with Crippen LogP contribution in [0.3, 0.4) is 0 Å². The summed E-state index contributed by atoms with van der Waals surface area (Å²) in [6, 6.07) is 10.3. The monoisotopic (exact) mass is 390 g/mol. The molecule has 0 atom stereocenters. The number of hydrogen-bond donors (Lipinski definition) is 1. The van der Waals surface area contributed by atoms with E-state index >= 15 is 0 Å². The first-order chi connectivity index (χ1) is 12.9. The molecular formula is C20H23ClN2O4. The fraction of sp³-hybridized carbons (Fsp3) is 0.300. The largest absolute Gasteiger partial charge is 0.493 e. The molecule has 0 aliphatic rings. The fourth-order valence-corrected chi connectivity index (χ4v) is 2.85. The second kappa shape index (κ2) is 9.28. The van der Waals surface area contributed by atoms with Gasteiger partial charge in [-0.25, -0.2) is 0 Å². The summed E-state index contributed by atoms with van der Waals surface area (Å²) >= 11 is 6.05. The van der Waals surface area contributed by atoms with Gasteiger partial charge in [0.05, 0.1) is 14.2 Å². The van der Waals surface area contributed by atoms with Crippen molar-refractivity contribution in [2.24, 2.45) is 0 Å². The van der Waals surface area contributed by atoms with E-state index < -0.39 is 0 Å². The number of carbonyl (C=O) groups excluding carboxylic acids is 2. The molecule has 0 heterocycles. The van der Waals surface area contributed by atoms with E-state index in [1.165, 1.54) is 21.1 Å². The Bertz CT molecular complexity index is 839. The average Bonchev–Trinajstić information content (AvgIpc) is 2.66. The highest BCUT2D eigenvalue weighted by Gasteiger charge is 2.15. The standard InChI is InChI=1S/C20H23ClN2O4/c1-13-5-7-16(21)12-17(13)23(14(2)24)10-9-22-20(25)15-6-8-18(26-3)19(11-15)27-4/h5-8,11-12H,9-10H2,1-4H3,(H,22,25). The van der Waals surface area contributed by atoms with Gasteiger partial charge in [-0.3, -0.25) is 9.59 Å². The maximum Gasteiger partial charge on any atom is 0.251 e. The third-order valence-electron chi connectivity index (χ3n) is 4.11. The van der Waals surface area contributed by atoms with Crippen LogP contribution in [0.15, 0.2) is 36.4 Å². The van der Waals surface area contributed by atoms with Crippen molar-refractivity contribution in [3.05, 3.63) is 52.5 Å².